The fourth-order valence-corrected chi connectivity index (χ4v) is 2.52. The summed E-state index contributed by atoms with van der Waals surface area (Å²) in [7, 11) is 0. The van der Waals surface area contributed by atoms with Crippen LogP contribution < -0.4 is 10.5 Å². The van der Waals surface area contributed by atoms with E-state index < -0.39 is 5.97 Å². The van der Waals surface area contributed by atoms with Crippen LogP contribution in [-0.4, -0.2) is 19.2 Å². The van der Waals surface area contributed by atoms with Crippen molar-refractivity contribution in [1.82, 2.24) is 0 Å². The molecule has 1 heterocycles. The van der Waals surface area contributed by atoms with Crippen LogP contribution >= 0.6 is 11.6 Å². The molecule has 4 nitrogen and oxygen atoms in total. The Morgan fingerprint density at radius 2 is 2.14 bits per heavy atom. The maximum Gasteiger partial charge on any atom is 0.340 e. The number of hydrogen-bond donors (Lipinski definition) is 1. The van der Waals surface area contributed by atoms with Gasteiger partial charge in [0.2, 0.25) is 0 Å². The summed E-state index contributed by atoms with van der Waals surface area (Å²) in [5.74, 6) is 0.455. The van der Waals surface area contributed by atoms with E-state index in [1.54, 1.807) is 12.1 Å². The zero-order valence-electron chi connectivity index (χ0n) is 11.2. The van der Waals surface area contributed by atoms with Gasteiger partial charge in [-0.3, -0.25) is 0 Å². The number of carbonyl (C=O) groups excluding carboxylic acids is 1. The van der Waals surface area contributed by atoms with Crippen molar-refractivity contribution >= 4 is 23.3 Å². The zero-order valence-corrected chi connectivity index (χ0v) is 12.0. The Balaban J connectivity index is 1.67. The van der Waals surface area contributed by atoms with E-state index in [1.807, 2.05) is 24.3 Å². The van der Waals surface area contributed by atoms with Crippen LogP contribution in [0.15, 0.2) is 42.5 Å². The Hall–Kier alpha value is -2.20. The minimum atomic E-state index is -0.450. The molecule has 1 atom stereocenters. The Morgan fingerprint density at radius 1 is 1.33 bits per heavy atom. The van der Waals surface area contributed by atoms with Gasteiger partial charge in [0.15, 0.2) is 0 Å². The van der Waals surface area contributed by atoms with Crippen molar-refractivity contribution in [1.29, 1.82) is 0 Å². The third-order valence-electron chi connectivity index (χ3n) is 3.45. The van der Waals surface area contributed by atoms with E-state index in [4.69, 9.17) is 26.8 Å². The summed E-state index contributed by atoms with van der Waals surface area (Å²) in [6.45, 7) is 0.778. The Morgan fingerprint density at radius 3 is 2.95 bits per heavy atom. The summed E-state index contributed by atoms with van der Waals surface area (Å²) in [6.07, 6.45) is 0. The van der Waals surface area contributed by atoms with Crippen molar-refractivity contribution in [2.24, 2.45) is 0 Å². The molecule has 1 aliphatic rings. The summed E-state index contributed by atoms with van der Waals surface area (Å²) in [5, 5.41) is 0.488. The molecule has 2 aromatic rings. The molecule has 5 heteroatoms. The van der Waals surface area contributed by atoms with Gasteiger partial charge >= 0.3 is 5.97 Å². The van der Waals surface area contributed by atoms with Crippen molar-refractivity contribution in [2.45, 2.75) is 5.92 Å². The van der Waals surface area contributed by atoms with Crippen LogP contribution in [0.1, 0.15) is 21.8 Å². The molecule has 3 rings (SSSR count). The second kappa shape index (κ2) is 5.66. The summed E-state index contributed by atoms with van der Waals surface area (Å²) >= 11 is 5.81. The van der Waals surface area contributed by atoms with Crippen molar-refractivity contribution in [3.63, 3.8) is 0 Å². The highest BCUT2D eigenvalue weighted by Crippen LogP contribution is 2.33. The molecule has 1 aliphatic heterocycles. The van der Waals surface area contributed by atoms with Crippen molar-refractivity contribution in [3.05, 3.63) is 58.6 Å². The van der Waals surface area contributed by atoms with E-state index >= 15 is 0 Å². The average molecular weight is 304 g/mol. The SMILES string of the molecule is Nc1cc(Cl)ccc1C(=O)OCC1COc2ccccc21. The standard InChI is InChI=1S/C16H14ClNO3/c17-11-5-6-13(14(18)7-11)16(19)21-9-10-8-20-15-4-2-1-3-12(10)15/h1-7,10H,8-9,18H2. The van der Waals surface area contributed by atoms with Crippen LogP contribution in [0.4, 0.5) is 5.69 Å². The van der Waals surface area contributed by atoms with Gasteiger partial charge in [-0.05, 0) is 24.3 Å². The Kier molecular flexibility index (Phi) is 3.71. The molecular weight excluding hydrogens is 290 g/mol. The van der Waals surface area contributed by atoms with Crippen LogP contribution in [0.2, 0.25) is 5.02 Å². The van der Waals surface area contributed by atoms with Gasteiger partial charge in [-0.1, -0.05) is 29.8 Å². The summed E-state index contributed by atoms with van der Waals surface area (Å²) < 4.78 is 10.9. The van der Waals surface area contributed by atoms with Gasteiger partial charge in [0, 0.05) is 16.3 Å². The lowest BCUT2D eigenvalue weighted by atomic mass is 10.0. The smallest absolute Gasteiger partial charge is 0.340 e. The van der Waals surface area contributed by atoms with Gasteiger partial charge < -0.3 is 15.2 Å². The second-order valence-corrected chi connectivity index (χ2v) is 5.31. The van der Waals surface area contributed by atoms with Gasteiger partial charge in [-0.15, -0.1) is 0 Å². The third-order valence-corrected chi connectivity index (χ3v) is 3.68. The van der Waals surface area contributed by atoms with E-state index in [9.17, 15) is 4.79 Å². The quantitative estimate of drug-likeness (QED) is 0.698. The number of esters is 1. The van der Waals surface area contributed by atoms with Crippen LogP contribution in [0.5, 0.6) is 5.75 Å². The highest BCUT2D eigenvalue weighted by atomic mass is 35.5. The number of anilines is 1. The van der Waals surface area contributed by atoms with E-state index in [0.29, 0.717) is 22.9 Å². The molecule has 0 fully saturated rings. The molecule has 0 saturated heterocycles. The van der Waals surface area contributed by atoms with Crippen LogP contribution in [0, 0.1) is 0 Å². The summed E-state index contributed by atoms with van der Waals surface area (Å²) in [5.41, 5.74) is 7.48. The first-order chi connectivity index (χ1) is 10.1. The number of fused-ring (bicyclic) bond motifs is 1. The van der Waals surface area contributed by atoms with E-state index in [1.165, 1.54) is 6.07 Å². The van der Waals surface area contributed by atoms with E-state index in [2.05, 4.69) is 0 Å². The number of rotatable bonds is 3. The molecule has 0 aromatic heterocycles. The van der Waals surface area contributed by atoms with Gasteiger partial charge in [0.05, 0.1) is 18.1 Å². The van der Waals surface area contributed by atoms with Crippen LogP contribution in [0.3, 0.4) is 0 Å². The monoisotopic (exact) mass is 303 g/mol. The molecule has 2 aromatic carbocycles. The van der Waals surface area contributed by atoms with Crippen LogP contribution in [-0.2, 0) is 4.74 Å². The predicted molar refractivity (Wildman–Crippen MR) is 80.8 cm³/mol. The normalized spacial score (nSPS) is 16.1. The number of carbonyl (C=O) groups is 1. The van der Waals surface area contributed by atoms with Crippen molar-refractivity contribution < 1.29 is 14.3 Å². The minimum absolute atomic E-state index is 0.0543. The van der Waals surface area contributed by atoms with Gasteiger partial charge in [0.1, 0.15) is 12.4 Å². The van der Waals surface area contributed by atoms with Gasteiger partial charge in [0.25, 0.3) is 0 Å². The molecule has 1 unspecified atom stereocenters. The van der Waals surface area contributed by atoms with Crippen molar-refractivity contribution in [2.75, 3.05) is 18.9 Å². The fourth-order valence-electron chi connectivity index (χ4n) is 2.34. The maximum atomic E-state index is 12.1. The van der Waals surface area contributed by atoms with E-state index in [-0.39, 0.29) is 12.5 Å². The van der Waals surface area contributed by atoms with Gasteiger partial charge in [-0.2, -0.15) is 0 Å². The molecular formula is C16H14ClNO3. The zero-order chi connectivity index (χ0) is 14.8. The second-order valence-electron chi connectivity index (χ2n) is 4.88. The molecule has 0 bridgehead atoms. The predicted octanol–water partition coefficient (Wildman–Crippen LogP) is 3.26. The number of benzene rings is 2. The molecule has 0 amide bonds. The maximum absolute atomic E-state index is 12.1. The Labute approximate surface area is 127 Å². The lowest BCUT2D eigenvalue weighted by molar-refractivity contribution is 0.0472. The lowest BCUT2D eigenvalue weighted by Gasteiger charge is -2.11. The topological polar surface area (TPSA) is 61.6 Å². The van der Waals surface area contributed by atoms with E-state index in [0.717, 1.165) is 11.3 Å². The minimum Gasteiger partial charge on any atom is -0.493 e. The molecule has 2 N–H and O–H groups in total. The number of nitrogen functional groups attached to an aromatic ring is 1. The number of nitrogens with two attached hydrogens (primary N) is 1. The molecule has 0 radical (unpaired) electrons. The van der Waals surface area contributed by atoms with Gasteiger partial charge in [-0.25, -0.2) is 4.79 Å². The number of ether oxygens (including phenoxy) is 2. The number of hydrogen-bond acceptors (Lipinski definition) is 4. The first-order valence-corrected chi connectivity index (χ1v) is 6.97. The highest BCUT2D eigenvalue weighted by molar-refractivity contribution is 6.31. The first kappa shape index (κ1) is 13.8. The molecule has 21 heavy (non-hydrogen) atoms. The highest BCUT2D eigenvalue weighted by Gasteiger charge is 2.25. The number of halogens is 1. The molecule has 0 spiro atoms. The molecule has 0 saturated carbocycles. The van der Waals surface area contributed by atoms with Crippen LogP contribution in [0.25, 0.3) is 0 Å². The first-order valence-electron chi connectivity index (χ1n) is 6.59. The summed E-state index contributed by atoms with van der Waals surface area (Å²) in [4.78, 5) is 12.1. The molecule has 108 valence electrons. The molecule has 0 aliphatic carbocycles. The summed E-state index contributed by atoms with van der Waals surface area (Å²) in [6, 6.07) is 12.5. The largest absolute Gasteiger partial charge is 0.493 e. The third kappa shape index (κ3) is 2.81. The van der Waals surface area contributed by atoms with Crippen molar-refractivity contribution in [3.8, 4) is 5.75 Å². The average Bonchev–Trinajstić information content (AvgIpc) is 2.88. The lowest BCUT2D eigenvalue weighted by Crippen LogP contribution is -2.15. The number of para-hydroxylation sites is 1. The fraction of sp³-hybridized carbons (Fsp3) is 0.188. The Bertz CT molecular complexity index is 687.